The van der Waals surface area contributed by atoms with Gasteiger partial charge in [-0.15, -0.1) is 11.6 Å². The molecule has 0 radical (unpaired) electrons. The van der Waals surface area contributed by atoms with Crippen molar-refractivity contribution in [2.24, 2.45) is 5.92 Å². The maximum atomic E-state index is 12.3. The predicted octanol–water partition coefficient (Wildman–Crippen LogP) is 4.22. The third-order valence-electron chi connectivity index (χ3n) is 3.68. The Morgan fingerprint density at radius 1 is 1.20 bits per heavy atom. The number of halogens is 1. The highest BCUT2D eigenvalue weighted by Crippen LogP contribution is 2.18. The number of hydrogen-bond donors (Lipinski definition) is 1. The Morgan fingerprint density at radius 3 is 2.70 bits per heavy atom. The average Bonchev–Trinajstić information content (AvgIpc) is 2.50. The fourth-order valence-corrected chi connectivity index (χ4v) is 2.67. The Bertz CT molecular complexity index is 577. The second kappa shape index (κ2) is 7.30. The Kier molecular flexibility index (Phi) is 5.42. The molecule has 0 bridgehead atoms. The number of amides is 1. The van der Waals surface area contributed by atoms with Crippen LogP contribution in [0.1, 0.15) is 30.1 Å². The molecule has 0 saturated carbocycles. The van der Waals surface area contributed by atoms with Crippen LogP contribution in [0.15, 0.2) is 42.5 Å². The van der Waals surface area contributed by atoms with Crippen molar-refractivity contribution in [3.8, 4) is 0 Å². The molecule has 0 fully saturated rings. The molecule has 1 amide bonds. The smallest absolute Gasteiger partial charge is 0.251 e. The molecule has 0 aliphatic carbocycles. The molecule has 0 heterocycles. The normalized spacial score (nSPS) is 12.3. The summed E-state index contributed by atoms with van der Waals surface area (Å²) in [5.41, 5.74) is 0.740. The molecule has 20 heavy (non-hydrogen) atoms. The van der Waals surface area contributed by atoms with Gasteiger partial charge in [-0.2, -0.15) is 0 Å². The van der Waals surface area contributed by atoms with Crippen LogP contribution in [0.5, 0.6) is 0 Å². The number of fused-ring (bicyclic) bond motifs is 1. The van der Waals surface area contributed by atoms with E-state index in [1.807, 2.05) is 42.5 Å². The summed E-state index contributed by atoms with van der Waals surface area (Å²) in [6.45, 7) is 2.81. The Hall–Kier alpha value is -1.54. The van der Waals surface area contributed by atoms with Crippen molar-refractivity contribution in [3.63, 3.8) is 0 Å². The molecule has 106 valence electrons. The highest BCUT2D eigenvalue weighted by Gasteiger charge is 2.11. The lowest BCUT2D eigenvalue weighted by Crippen LogP contribution is -2.29. The first-order chi connectivity index (χ1) is 9.76. The summed E-state index contributed by atoms with van der Waals surface area (Å²) in [7, 11) is 0. The summed E-state index contributed by atoms with van der Waals surface area (Å²) in [4.78, 5) is 12.3. The second-order valence-corrected chi connectivity index (χ2v) is 5.37. The van der Waals surface area contributed by atoms with Crippen LogP contribution in [-0.2, 0) is 0 Å². The SMILES string of the molecule is CCC(CCCl)CNC(=O)c1cccc2ccccc12. The van der Waals surface area contributed by atoms with Gasteiger partial charge in [-0.05, 0) is 29.2 Å². The van der Waals surface area contributed by atoms with Gasteiger partial charge in [0.15, 0.2) is 0 Å². The van der Waals surface area contributed by atoms with Gasteiger partial charge in [-0.25, -0.2) is 0 Å². The van der Waals surface area contributed by atoms with E-state index in [2.05, 4.69) is 12.2 Å². The van der Waals surface area contributed by atoms with E-state index in [0.717, 1.165) is 29.2 Å². The summed E-state index contributed by atoms with van der Waals surface area (Å²) in [6, 6.07) is 13.8. The van der Waals surface area contributed by atoms with Crippen LogP contribution in [0.25, 0.3) is 10.8 Å². The maximum Gasteiger partial charge on any atom is 0.251 e. The molecule has 2 aromatic rings. The molecule has 0 aliphatic heterocycles. The van der Waals surface area contributed by atoms with Gasteiger partial charge in [0.1, 0.15) is 0 Å². The van der Waals surface area contributed by atoms with E-state index in [9.17, 15) is 4.79 Å². The molecule has 0 aromatic heterocycles. The van der Waals surface area contributed by atoms with Crippen molar-refractivity contribution in [2.45, 2.75) is 19.8 Å². The first kappa shape index (κ1) is 14.9. The Morgan fingerprint density at radius 2 is 1.95 bits per heavy atom. The lowest BCUT2D eigenvalue weighted by Gasteiger charge is -2.14. The van der Waals surface area contributed by atoms with E-state index in [1.54, 1.807) is 0 Å². The first-order valence-corrected chi connectivity index (χ1v) is 7.61. The number of hydrogen-bond acceptors (Lipinski definition) is 1. The zero-order valence-corrected chi connectivity index (χ0v) is 12.5. The third kappa shape index (κ3) is 3.51. The van der Waals surface area contributed by atoms with Crippen molar-refractivity contribution >= 4 is 28.3 Å². The third-order valence-corrected chi connectivity index (χ3v) is 3.90. The zero-order valence-electron chi connectivity index (χ0n) is 11.7. The minimum Gasteiger partial charge on any atom is -0.352 e. The van der Waals surface area contributed by atoms with Crippen LogP contribution < -0.4 is 5.32 Å². The highest BCUT2D eigenvalue weighted by atomic mass is 35.5. The van der Waals surface area contributed by atoms with Gasteiger partial charge in [0.25, 0.3) is 5.91 Å². The summed E-state index contributed by atoms with van der Waals surface area (Å²) in [5, 5.41) is 5.12. The molecule has 1 atom stereocenters. The van der Waals surface area contributed by atoms with Gasteiger partial charge in [-0.1, -0.05) is 49.7 Å². The van der Waals surface area contributed by atoms with Crippen molar-refractivity contribution < 1.29 is 4.79 Å². The standard InChI is InChI=1S/C17H20ClNO/c1-2-13(10-11-18)12-19-17(20)16-9-5-7-14-6-3-4-8-15(14)16/h3-9,13H,2,10-12H2,1H3,(H,19,20). The minimum absolute atomic E-state index is 0.00479. The fourth-order valence-electron chi connectivity index (χ4n) is 2.36. The van der Waals surface area contributed by atoms with Crippen LogP contribution in [0.2, 0.25) is 0 Å². The molecule has 2 aromatic carbocycles. The molecule has 0 spiro atoms. The largest absolute Gasteiger partial charge is 0.352 e. The molecular formula is C17H20ClNO. The first-order valence-electron chi connectivity index (χ1n) is 7.08. The molecule has 2 nitrogen and oxygen atoms in total. The van der Waals surface area contributed by atoms with Gasteiger partial charge >= 0.3 is 0 Å². The van der Waals surface area contributed by atoms with Crippen LogP contribution in [0.3, 0.4) is 0 Å². The number of rotatable bonds is 6. The summed E-state index contributed by atoms with van der Waals surface area (Å²) >= 11 is 5.77. The Balaban J connectivity index is 2.11. The van der Waals surface area contributed by atoms with E-state index >= 15 is 0 Å². The molecule has 3 heteroatoms. The topological polar surface area (TPSA) is 29.1 Å². The number of nitrogens with one attached hydrogen (secondary N) is 1. The van der Waals surface area contributed by atoms with Crippen molar-refractivity contribution in [1.82, 2.24) is 5.32 Å². The van der Waals surface area contributed by atoms with E-state index in [0.29, 0.717) is 18.3 Å². The van der Waals surface area contributed by atoms with Crippen LogP contribution in [-0.4, -0.2) is 18.3 Å². The van der Waals surface area contributed by atoms with E-state index in [4.69, 9.17) is 11.6 Å². The zero-order chi connectivity index (χ0) is 14.4. The number of alkyl halides is 1. The van der Waals surface area contributed by atoms with E-state index < -0.39 is 0 Å². The molecule has 0 saturated heterocycles. The van der Waals surface area contributed by atoms with E-state index in [1.165, 1.54) is 0 Å². The van der Waals surface area contributed by atoms with Gasteiger partial charge in [-0.3, -0.25) is 4.79 Å². The summed E-state index contributed by atoms with van der Waals surface area (Å²) < 4.78 is 0. The lowest BCUT2D eigenvalue weighted by molar-refractivity contribution is 0.0948. The molecular weight excluding hydrogens is 270 g/mol. The van der Waals surface area contributed by atoms with Crippen molar-refractivity contribution in [2.75, 3.05) is 12.4 Å². The number of benzene rings is 2. The molecule has 0 aliphatic rings. The quantitative estimate of drug-likeness (QED) is 0.793. The Labute approximate surface area is 125 Å². The number of carbonyl (C=O) groups excluding carboxylic acids is 1. The van der Waals surface area contributed by atoms with Crippen LogP contribution in [0.4, 0.5) is 0 Å². The monoisotopic (exact) mass is 289 g/mol. The van der Waals surface area contributed by atoms with Crippen LogP contribution in [0, 0.1) is 5.92 Å². The van der Waals surface area contributed by atoms with Gasteiger partial charge in [0.2, 0.25) is 0 Å². The van der Waals surface area contributed by atoms with Crippen molar-refractivity contribution in [1.29, 1.82) is 0 Å². The summed E-state index contributed by atoms with van der Waals surface area (Å²) in [6.07, 6.45) is 1.97. The van der Waals surface area contributed by atoms with Gasteiger partial charge < -0.3 is 5.32 Å². The number of carbonyl (C=O) groups is 1. The lowest BCUT2D eigenvalue weighted by atomic mass is 10.0. The predicted molar refractivity (Wildman–Crippen MR) is 85.4 cm³/mol. The minimum atomic E-state index is -0.00479. The molecule has 1 unspecified atom stereocenters. The van der Waals surface area contributed by atoms with E-state index in [-0.39, 0.29) is 5.91 Å². The summed E-state index contributed by atoms with van der Waals surface area (Å²) in [5.74, 6) is 1.09. The van der Waals surface area contributed by atoms with Crippen LogP contribution >= 0.6 is 11.6 Å². The second-order valence-electron chi connectivity index (χ2n) is 4.99. The van der Waals surface area contributed by atoms with Gasteiger partial charge in [0.05, 0.1) is 0 Å². The molecule has 2 rings (SSSR count). The fraction of sp³-hybridized carbons (Fsp3) is 0.353. The van der Waals surface area contributed by atoms with Gasteiger partial charge in [0, 0.05) is 18.0 Å². The highest BCUT2D eigenvalue weighted by molar-refractivity contribution is 6.17. The van der Waals surface area contributed by atoms with Crippen molar-refractivity contribution in [3.05, 3.63) is 48.0 Å². The maximum absolute atomic E-state index is 12.3. The average molecular weight is 290 g/mol. The molecule has 1 N–H and O–H groups in total.